The molecule has 1 aromatic carbocycles. The number of nitrogens with one attached hydrogen (secondary N) is 1. The topological polar surface area (TPSA) is 55.2 Å². The Morgan fingerprint density at radius 1 is 1.29 bits per heavy atom. The molecule has 0 aliphatic heterocycles. The minimum atomic E-state index is -0.338. The molecule has 0 radical (unpaired) electrons. The maximum Gasteiger partial charge on any atom is 0.269 e. The summed E-state index contributed by atoms with van der Waals surface area (Å²) in [6, 6.07) is 7.61. The lowest BCUT2D eigenvalue weighted by atomic mass is 9.72. The first-order valence-corrected chi connectivity index (χ1v) is 7.91. The van der Waals surface area contributed by atoms with E-state index in [2.05, 4.69) is 19.2 Å². The van der Waals surface area contributed by atoms with E-state index in [0.29, 0.717) is 12.0 Å². The molecule has 1 aliphatic carbocycles. The fourth-order valence-electron chi connectivity index (χ4n) is 3.57. The van der Waals surface area contributed by atoms with Crippen molar-refractivity contribution in [3.05, 3.63) is 39.9 Å². The van der Waals surface area contributed by atoms with E-state index in [1.165, 1.54) is 24.8 Å². The van der Waals surface area contributed by atoms with E-state index in [0.717, 1.165) is 18.3 Å². The summed E-state index contributed by atoms with van der Waals surface area (Å²) in [7, 11) is 2.04. The first-order chi connectivity index (χ1) is 10.0. The fraction of sp³-hybridized carbons (Fsp3) is 0.647. The number of non-ortho nitro benzene ring substituents is 1. The summed E-state index contributed by atoms with van der Waals surface area (Å²) >= 11 is 0. The predicted molar refractivity (Wildman–Crippen MR) is 85.3 cm³/mol. The third-order valence-corrected chi connectivity index (χ3v) is 4.98. The highest BCUT2D eigenvalue weighted by Gasteiger charge is 2.30. The quantitative estimate of drug-likeness (QED) is 0.663. The Morgan fingerprint density at radius 2 is 1.95 bits per heavy atom. The smallest absolute Gasteiger partial charge is 0.269 e. The van der Waals surface area contributed by atoms with Gasteiger partial charge in [0.2, 0.25) is 0 Å². The molecule has 0 spiro atoms. The van der Waals surface area contributed by atoms with Crippen LogP contribution in [0.1, 0.15) is 38.7 Å². The van der Waals surface area contributed by atoms with Gasteiger partial charge in [-0.1, -0.05) is 26.0 Å². The molecule has 0 heterocycles. The lowest BCUT2D eigenvalue weighted by Gasteiger charge is -2.38. The lowest BCUT2D eigenvalue weighted by molar-refractivity contribution is -0.384. The van der Waals surface area contributed by atoms with Crippen LogP contribution in [0.2, 0.25) is 0 Å². The van der Waals surface area contributed by atoms with Crippen LogP contribution in [0.25, 0.3) is 0 Å². The Bertz CT molecular complexity index is 470. The third-order valence-electron chi connectivity index (χ3n) is 4.98. The van der Waals surface area contributed by atoms with Gasteiger partial charge in [0.15, 0.2) is 0 Å². The van der Waals surface area contributed by atoms with Crippen molar-refractivity contribution >= 4 is 5.69 Å². The highest BCUT2D eigenvalue weighted by molar-refractivity contribution is 5.33. The van der Waals surface area contributed by atoms with Crippen molar-refractivity contribution in [3.8, 4) is 0 Å². The summed E-state index contributed by atoms with van der Waals surface area (Å²) in [6.07, 6.45) is 4.80. The number of rotatable bonds is 5. The van der Waals surface area contributed by atoms with Crippen LogP contribution in [-0.2, 0) is 6.42 Å². The van der Waals surface area contributed by atoms with E-state index in [1.807, 2.05) is 19.2 Å². The predicted octanol–water partition coefficient (Wildman–Crippen LogP) is 3.80. The van der Waals surface area contributed by atoms with Crippen LogP contribution in [0, 0.1) is 27.9 Å². The highest BCUT2D eigenvalue weighted by Crippen LogP contribution is 2.35. The molecule has 116 valence electrons. The van der Waals surface area contributed by atoms with Gasteiger partial charge < -0.3 is 5.32 Å². The Balaban J connectivity index is 2.05. The van der Waals surface area contributed by atoms with Gasteiger partial charge in [-0.05, 0) is 56.0 Å². The third kappa shape index (κ3) is 4.03. The van der Waals surface area contributed by atoms with Crippen molar-refractivity contribution < 1.29 is 4.92 Å². The lowest BCUT2D eigenvalue weighted by Crippen LogP contribution is -2.40. The molecule has 1 fully saturated rings. The Kier molecular flexibility index (Phi) is 5.34. The number of nitro benzene ring substituents is 1. The molecule has 0 amide bonds. The summed E-state index contributed by atoms with van der Waals surface area (Å²) in [4.78, 5) is 10.4. The van der Waals surface area contributed by atoms with Crippen LogP contribution in [0.3, 0.4) is 0 Å². The van der Waals surface area contributed by atoms with Gasteiger partial charge in [0.25, 0.3) is 5.69 Å². The molecule has 21 heavy (non-hydrogen) atoms. The summed E-state index contributed by atoms with van der Waals surface area (Å²) in [5.41, 5.74) is 1.38. The largest absolute Gasteiger partial charge is 0.317 e. The van der Waals surface area contributed by atoms with Crippen molar-refractivity contribution in [1.29, 1.82) is 0 Å². The summed E-state index contributed by atoms with van der Waals surface area (Å²) in [5, 5.41) is 14.2. The van der Waals surface area contributed by atoms with Crippen LogP contribution in [0.15, 0.2) is 24.3 Å². The van der Waals surface area contributed by atoms with Crippen molar-refractivity contribution in [2.75, 3.05) is 7.05 Å². The number of benzene rings is 1. The van der Waals surface area contributed by atoms with Crippen LogP contribution in [0.5, 0.6) is 0 Å². The molecule has 1 saturated carbocycles. The fourth-order valence-corrected chi connectivity index (χ4v) is 3.57. The summed E-state index contributed by atoms with van der Waals surface area (Å²) in [5.74, 6) is 2.16. The van der Waals surface area contributed by atoms with Crippen LogP contribution in [-0.4, -0.2) is 18.0 Å². The second-order valence-electron chi connectivity index (χ2n) is 6.60. The Labute approximate surface area is 127 Å². The molecular weight excluding hydrogens is 264 g/mol. The first kappa shape index (κ1) is 16.0. The van der Waals surface area contributed by atoms with E-state index < -0.39 is 0 Å². The zero-order valence-electron chi connectivity index (χ0n) is 13.2. The van der Waals surface area contributed by atoms with Crippen molar-refractivity contribution in [2.24, 2.45) is 17.8 Å². The zero-order chi connectivity index (χ0) is 15.4. The maximum absolute atomic E-state index is 10.7. The van der Waals surface area contributed by atoms with Crippen LogP contribution in [0.4, 0.5) is 5.69 Å². The van der Waals surface area contributed by atoms with Crippen molar-refractivity contribution in [3.63, 3.8) is 0 Å². The molecule has 4 heteroatoms. The minimum absolute atomic E-state index is 0.174. The molecule has 1 aromatic rings. The SMILES string of the molecule is CNC1CCC(C(C)C)CC1Cc1ccc([N+](=O)[O-])cc1. The number of hydrogen-bond acceptors (Lipinski definition) is 3. The van der Waals surface area contributed by atoms with Crippen molar-refractivity contribution in [2.45, 2.75) is 45.6 Å². The molecule has 3 unspecified atom stereocenters. The molecule has 0 aromatic heterocycles. The maximum atomic E-state index is 10.7. The number of hydrogen-bond donors (Lipinski definition) is 1. The molecule has 1 aliphatic rings. The first-order valence-electron chi connectivity index (χ1n) is 7.91. The van der Waals surface area contributed by atoms with Gasteiger partial charge in [0.05, 0.1) is 4.92 Å². The minimum Gasteiger partial charge on any atom is -0.317 e. The Hall–Kier alpha value is -1.42. The molecule has 0 saturated heterocycles. The highest BCUT2D eigenvalue weighted by atomic mass is 16.6. The van der Waals surface area contributed by atoms with E-state index in [4.69, 9.17) is 0 Å². The second kappa shape index (κ2) is 7.03. The van der Waals surface area contributed by atoms with Gasteiger partial charge in [0, 0.05) is 18.2 Å². The summed E-state index contributed by atoms with van der Waals surface area (Å²) < 4.78 is 0. The number of nitro groups is 1. The molecule has 4 nitrogen and oxygen atoms in total. The molecule has 1 N–H and O–H groups in total. The van der Waals surface area contributed by atoms with Gasteiger partial charge in [-0.2, -0.15) is 0 Å². The second-order valence-corrected chi connectivity index (χ2v) is 6.60. The summed E-state index contributed by atoms with van der Waals surface area (Å²) in [6.45, 7) is 4.63. The molecule has 3 atom stereocenters. The standard InChI is InChI=1S/C17H26N2O2/c1-12(2)14-6-9-17(18-3)15(11-14)10-13-4-7-16(8-5-13)19(20)21/h4-5,7-8,12,14-15,17-18H,6,9-11H2,1-3H3. The van der Waals surface area contributed by atoms with E-state index >= 15 is 0 Å². The van der Waals surface area contributed by atoms with Gasteiger partial charge in [-0.3, -0.25) is 10.1 Å². The normalized spacial score (nSPS) is 26.0. The monoisotopic (exact) mass is 290 g/mol. The van der Waals surface area contributed by atoms with E-state index in [-0.39, 0.29) is 10.6 Å². The van der Waals surface area contributed by atoms with Crippen LogP contribution >= 0.6 is 0 Å². The number of nitrogens with zero attached hydrogens (tertiary/aromatic N) is 1. The van der Waals surface area contributed by atoms with Gasteiger partial charge >= 0.3 is 0 Å². The van der Waals surface area contributed by atoms with Gasteiger partial charge in [0.1, 0.15) is 0 Å². The zero-order valence-corrected chi connectivity index (χ0v) is 13.2. The van der Waals surface area contributed by atoms with Gasteiger partial charge in [-0.25, -0.2) is 0 Å². The average molecular weight is 290 g/mol. The van der Waals surface area contributed by atoms with E-state index in [9.17, 15) is 10.1 Å². The molecular formula is C17H26N2O2. The Morgan fingerprint density at radius 3 is 2.48 bits per heavy atom. The van der Waals surface area contributed by atoms with E-state index in [1.54, 1.807) is 12.1 Å². The molecule has 0 bridgehead atoms. The average Bonchev–Trinajstić information content (AvgIpc) is 2.47. The van der Waals surface area contributed by atoms with Crippen molar-refractivity contribution in [1.82, 2.24) is 5.32 Å². The molecule has 2 rings (SSSR count). The van der Waals surface area contributed by atoms with Gasteiger partial charge in [-0.15, -0.1) is 0 Å². The van der Waals surface area contributed by atoms with Crippen LogP contribution < -0.4 is 5.32 Å².